The van der Waals surface area contributed by atoms with Gasteiger partial charge < -0.3 is 15.4 Å². The van der Waals surface area contributed by atoms with Crippen LogP contribution in [0.5, 0.6) is 5.75 Å². The first-order valence-electron chi connectivity index (χ1n) is 6.68. The highest BCUT2D eigenvalue weighted by Gasteiger charge is 2.30. The van der Waals surface area contributed by atoms with Crippen LogP contribution in [0.25, 0.3) is 0 Å². The minimum Gasteiger partial charge on any atom is -0.497 e. The van der Waals surface area contributed by atoms with Crippen LogP contribution in [0, 0.1) is 5.82 Å². The fourth-order valence-corrected chi connectivity index (χ4v) is 2.54. The van der Waals surface area contributed by atoms with Gasteiger partial charge in [0.1, 0.15) is 11.6 Å². The molecule has 0 aliphatic carbocycles. The van der Waals surface area contributed by atoms with Crippen LogP contribution in [0.4, 0.5) is 10.1 Å². The summed E-state index contributed by atoms with van der Waals surface area (Å²) in [5, 5.41) is 0. The summed E-state index contributed by atoms with van der Waals surface area (Å²) < 4.78 is 19.3. The van der Waals surface area contributed by atoms with E-state index in [1.165, 1.54) is 6.07 Å². The number of methoxy groups -OCH3 is 1. The van der Waals surface area contributed by atoms with Gasteiger partial charge in [0.15, 0.2) is 5.96 Å². The second kappa shape index (κ2) is 5.44. The highest BCUT2D eigenvalue weighted by molar-refractivity contribution is 5.97. The molecule has 3 rings (SSSR count). The minimum atomic E-state index is -0.314. The number of benzene rings is 2. The monoisotopic (exact) mass is 285 g/mol. The maximum Gasteiger partial charge on any atom is 0.196 e. The van der Waals surface area contributed by atoms with Crippen molar-refractivity contribution in [2.75, 3.05) is 18.6 Å². The van der Waals surface area contributed by atoms with Gasteiger partial charge in [0, 0.05) is 0 Å². The molecule has 108 valence electrons. The van der Waals surface area contributed by atoms with E-state index in [4.69, 9.17) is 10.5 Å². The average Bonchev–Trinajstić information content (AvgIpc) is 2.89. The van der Waals surface area contributed by atoms with E-state index >= 15 is 0 Å². The molecule has 4 nitrogen and oxygen atoms in total. The van der Waals surface area contributed by atoms with Gasteiger partial charge in [0.05, 0.1) is 25.4 Å². The van der Waals surface area contributed by atoms with Crippen LogP contribution in [-0.2, 0) is 0 Å². The summed E-state index contributed by atoms with van der Waals surface area (Å²) in [4.78, 5) is 5.99. The first kappa shape index (κ1) is 13.4. The van der Waals surface area contributed by atoms with Crippen molar-refractivity contribution in [2.45, 2.75) is 6.04 Å². The van der Waals surface area contributed by atoms with Crippen LogP contribution in [0.2, 0.25) is 0 Å². The molecule has 0 radical (unpaired) electrons. The van der Waals surface area contributed by atoms with Crippen LogP contribution in [0.1, 0.15) is 11.6 Å². The van der Waals surface area contributed by atoms with Gasteiger partial charge in [-0.15, -0.1) is 0 Å². The van der Waals surface area contributed by atoms with Gasteiger partial charge in [0.25, 0.3) is 0 Å². The number of anilines is 1. The second-order valence-corrected chi connectivity index (χ2v) is 4.81. The van der Waals surface area contributed by atoms with Crippen LogP contribution >= 0.6 is 0 Å². The van der Waals surface area contributed by atoms with Gasteiger partial charge in [-0.2, -0.15) is 0 Å². The molecule has 2 aromatic rings. The van der Waals surface area contributed by atoms with Crippen molar-refractivity contribution >= 4 is 11.6 Å². The van der Waals surface area contributed by atoms with Gasteiger partial charge >= 0.3 is 0 Å². The van der Waals surface area contributed by atoms with E-state index in [0.29, 0.717) is 18.2 Å². The fraction of sp³-hybridized carbons (Fsp3) is 0.188. The smallest absolute Gasteiger partial charge is 0.196 e. The number of hydrogen-bond donors (Lipinski definition) is 1. The molecule has 1 unspecified atom stereocenters. The Morgan fingerprint density at radius 1 is 1.24 bits per heavy atom. The Bertz CT molecular complexity index is 687. The van der Waals surface area contributed by atoms with Crippen molar-refractivity contribution in [1.29, 1.82) is 0 Å². The molecule has 1 aliphatic heterocycles. The quantitative estimate of drug-likeness (QED) is 0.943. The number of hydrogen-bond acceptors (Lipinski definition) is 4. The SMILES string of the molecule is COc1cccc(C2CN=C(N)N2c2ccccc2F)c1. The number of para-hydroxylation sites is 1. The highest BCUT2D eigenvalue weighted by atomic mass is 19.1. The lowest BCUT2D eigenvalue weighted by molar-refractivity contribution is 0.414. The summed E-state index contributed by atoms with van der Waals surface area (Å²) >= 11 is 0. The van der Waals surface area contributed by atoms with Gasteiger partial charge in [-0.3, -0.25) is 4.99 Å². The van der Waals surface area contributed by atoms with E-state index in [9.17, 15) is 4.39 Å². The van der Waals surface area contributed by atoms with Gasteiger partial charge in [-0.05, 0) is 29.8 Å². The third kappa shape index (κ3) is 2.42. The predicted octanol–water partition coefficient (Wildman–Crippen LogP) is 2.71. The topological polar surface area (TPSA) is 50.9 Å². The maximum atomic E-state index is 14.1. The summed E-state index contributed by atoms with van der Waals surface area (Å²) in [6.07, 6.45) is 0. The van der Waals surface area contributed by atoms with Crippen molar-refractivity contribution in [3.8, 4) is 5.75 Å². The third-order valence-corrected chi connectivity index (χ3v) is 3.58. The Balaban J connectivity index is 2.01. The Hall–Kier alpha value is -2.56. The van der Waals surface area contributed by atoms with Crippen LogP contribution < -0.4 is 15.4 Å². The summed E-state index contributed by atoms with van der Waals surface area (Å²) in [5.41, 5.74) is 7.38. The first-order chi connectivity index (χ1) is 10.2. The summed E-state index contributed by atoms with van der Waals surface area (Å²) in [5.74, 6) is 0.768. The lowest BCUT2D eigenvalue weighted by Crippen LogP contribution is -2.36. The molecule has 1 atom stereocenters. The van der Waals surface area contributed by atoms with Gasteiger partial charge in [-0.1, -0.05) is 24.3 Å². The number of nitrogens with two attached hydrogens (primary N) is 1. The normalized spacial score (nSPS) is 17.7. The standard InChI is InChI=1S/C16H16FN3O/c1-21-12-6-4-5-11(9-12)15-10-19-16(18)20(15)14-8-3-2-7-13(14)17/h2-9,15H,10H2,1H3,(H2,18,19). The van der Waals surface area contributed by atoms with Gasteiger partial charge in [0.2, 0.25) is 0 Å². The Morgan fingerprint density at radius 2 is 2.05 bits per heavy atom. The molecule has 0 saturated carbocycles. The Kier molecular flexibility index (Phi) is 3.48. The fourth-order valence-electron chi connectivity index (χ4n) is 2.54. The minimum absolute atomic E-state index is 0.128. The molecule has 0 fully saturated rings. The lowest BCUT2D eigenvalue weighted by Gasteiger charge is -2.27. The predicted molar refractivity (Wildman–Crippen MR) is 81.1 cm³/mol. The molecule has 5 heteroatoms. The van der Waals surface area contributed by atoms with Crippen molar-refractivity contribution in [1.82, 2.24) is 0 Å². The molecular formula is C16H16FN3O. The molecule has 1 aliphatic rings. The third-order valence-electron chi connectivity index (χ3n) is 3.58. The molecule has 0 bridgehead atoms. The zero-order valence-corrected chi connectivity index (χ0v) is 11.7. The lowest BCUT2D eigenvalue weighted by atomic mass is 10.1. The summed E-state index contributed by atoms with van der Waals surface area (Å²) in [7, 11) is 1.62. The maximum absolute atomic E-state index is 14.1. The molecule has 2 aromatic carbocycles. The number of rotatable bonds is 3. The van der Waals surface area contributed by atoms with E-state index in [-0.39, 0.29) is 11.9 Å². The first-order valence-corrected chi connectivity index (χ1v) is 6.68. The van der Waals surface area contributed by atoms with Crippen LogP contribution in [0.3, 0.4) is 0 Å². The Morgan fingerprint density at radius 3 is 2.81 bits per heavy atom. The zero-order valence-electron chi connectivity index (χ0n) is 11.7. The molecule has 1 heterocycles. The van der Waals surface area contributed by atoms with Crippen LogP contribution in [0.15, 0.2) is 53.5 Å². The van der Waals surface area contributed by atoms with Crippen molar-refractivity contribution in [3.05, 3.63) is 59.9 Å². The zero-order chi connectivity index (χ0) is 14.8. The summed E-state index contributed by atoms with van der Waals surface area (Å²) in [6, 6.07) is 14.1. The molecule has 0 saturated heterocycles. The number of ether oxygens (including phenoxy) is 1. The number of halogens is 1. The van der Waals surface area contributed by atoms with Gasteiger partial charge in [-0.25, -0.2) is 4.39 Å². The Labute approximate surface area is 122 Å². The second-order valence-electron chi connectivity index (χ2n) is 4.81. The number of aliphatic imine (C=N–C) groups is 1. The van der Waals surface area contributed by atoms with E-state index < -0.39 is 0 Å². The highest BCUT2D eigenvalue weighted by Crippen LogP contribution is 2.33. The molecule has 2 N–H and O–H groups in total. The van der Waals surface area contributed by atoms with E-state index in [1.807, 2.05) is 24.3 Å². The largest absolute Gasteiger partial charge is 0.497 e. The number of nitrogens with zero attached hydrogens (tertiary/aromatic N) is 2. The molecular weight excluding hydrogens is 269 g/mol. The van der Waals surface area contributed by atoms with Crippen molar-refractivity contribution < 1.29 is 9.13 Å². The average molecular weight is 285 g/mol. The number of guanidine groups is 1. The molecule has 0 amide bonds. The molecule has 0 aromatic heterocycles. The summed E-state index contributed by atoms with van der Waals surface area (Å²) in [6.45, 7) is 0.493. The van der Waals surface area contributed by atoms with Crippen molar-refractivity contribution in [2.24, 2.45) is 10.7 Å². The van der Waals surface area contributed by atoms with E-state index in [1.54, 1.807) is 30.2 Å². The van der Waals surface area contributed by atoms with Crippen LogP contribution in [-0.4, -0.2) is 19.6 Å². The molecule has 0 spiro atoms. The van der Waals surface area contributed by atoms with Crippen molar-refractivity contribution in [3.63, 3.8) is 0 Å². The van der Waals surface area contributed by atoms with E-state index in [0.717, 1.165) is 11.3 Å². The van der Waals surface area contributed by atoms with E-state index in [2.05, 4.69) is 4.99 Å². The molecule has 21 heavy (non-hydrogen) atoms.